The van der Waals surface area contributed by atoms with E-state index >= 15 is 0 Å². The second-order valence-electron chi connectivity index (χ2n) is 3.50. The maximum atomic E-state index is 9.93. The van der Waals surface area contributed by atoms with Gasteiger partial charge in [-0.15, -0.1) is 0 Å². The van der Waals surface area contributed by atoms with Crippen LogP contribution in [0.25, 0.3) is 0 Å². The Balaban J connectivity index is 0.000000140. The van der Waals surface area contributed by atoms with Gasteiger partial charge < -0.3 is 4.90 Å². The van der Waals surface area contributed by atoms with Gasteiger partial charge in [-0.1, -0.05) is 35.9 Å². The van der Waals surface area contributed by atoms with Crippen molar-refractivity contribution in [2.45, 2.75) is 19.8 Å². The van der Waals surface area contributed by atoms with Crippen LogP contribution >= 0.6 is 0 Å². The summed E-state index contributed by atoms with van der Waals surface area (Å²) in [4.78, 5) is 11.7. The topological polar surface area (TPSA) is 20.3 Å². The molecule has 0 radical (unpaired) electrons. The molecule has 0 N–H and O–H groups in total. The average Bonchev–Trinajstić information content (AvgIpc) is 2.72. The number of nitrogens with zero attached hydrogens (tertiary/aromatic N) is 1. The van der Waals surface area contributed by atoms with Crippen LogP contribution in [0.1, 0.15) is 18.4 Å². The molecule has 2 heteroatoms. The van der Waals surface area contributed by atoms with E-state index in [9.17, 15) is 4.79 Å². The van der Waals surface area contributed by atoms with E-state index in [4.69, 9.17) is 0 Å². The highest BCUT2D eigenvalue weighted by Gasteiger charge is 2.06. The number of carbonyl (C=O) groups excluding carboxylic acids is 1. The minimum absolute atomic E-state index is 0.924. The minimum atomic E-state index is 0.924. The lowest BCUT2D eigenvalue weighted by Crippen LogP contribution is -2.15. The Morgan fingerprint density at radius 2 is 1.71 bits per heavy atom. The zero-order valence-electron chi connectivity index (χ0n) is 8.65. The Hall–Kier alpha value is -1.31. The number of hydrogen-bond acceptors (Lipinski definition) is 1. The van der Waals surface area contributed by atoms with Gasteiger partial charge in [-0.3, -0.25) is 4.79 Å². The van der Waals surface area contributed by atoms with Crippen LogP contribution in [0.2, 0.25) is 0 Å². The summed E-state index contributed by atoms with van der Waals surface area (Å²) in [5, 5.41) is 0. The first-order chi connectivity index (χ1) is 6.83. The van der Waals surface area contributed by atoms with Gasteiger partial charge in [0.25, 0.3) is 0 Å². The van der Waals surface area contributed by atoms with Crippen LogP contribution in [0.3, 0.4) is 0 Å². The Bertz CT molecular complexity index is 252. The standard InChI is InChI=1S/C7H8.C5H9NO/c1-7-5-3-2-4-6-7;7-5-6-3-1-2-4-6/h2-6H,1H3;5H,1-4H2. The van der Waals surface area contributed by atoms with Crippen molar-refractivity contribution >= 4 is 6.41 Å². The van der Waals surface area contributed by atoms with Gasteiger partial charge in [-0.05, 0) is 19.8 Å². The van der Waals surface area contributed by atoms with Crippen LogP contribution in [-0.2, 0) is 4.79 Å². The van der Waals surface area contributed by atoms with E-state index in [1.807, 2.05) is 18.2 Å². The highest BCUT2D eigenvalue weighted by molar-refractivity contribution is 5.47. The van der Waals surface area contributed by atoms with Gasteiger partial charge in [0.15, 0.2) is 0 Å². The first-order valence-electron chi connectivity index (χ1n) is 5.04. The van der Waals surface area contributed by atoms with Crippen molar-refractivity contribution < 1.29 is 4.79 Å². The fourth-order valence-electron chi connectivity index (χ4n) is 1.38. The number of amides is 1. The van der Waals surface area contributed by atoms with Gasteiger partial charge in [-0.25, -0.2) is 0 Å². The van der Waals surface area contributed by atoms with Crippen molar-refractivity contribution in [1.82, 2.24) is 4.90 Å². The number of likely N-dealkylation sites (tertiary alicyclic amines) is 1. The number of rotatable bonds is 1. The molecular formula is C12H17NO. The fraction of sp³-hybridized carbons (Fsp3) is 0.417. The molecule has 1 fully saturated rings. The minimum Gasteiger partial charge on any atom is -0.345 e. The summed E-state index contributed by atoms with van der Waals surface area (Å²) >= 11 is 0. The smallest absolute Gasteiger partial charge is 0.209 e. The Kier molecular flexibility index (Phi) is 4.76. The predicted octanol–water partition coefficient (Wildman–Crippen LogP) is 2.23. The van der Waals surface area contributed by atoms with E-state index in [1.165, 1.54) is 18.4 Å². The zero-order chi connectivity index (χ0) is 10.2. The number of benzene rings is 1. The van der Waals surface area contributed by atoms with E-state index in [1.54, 1.807) is 4.90 Å². The van der Waals surface area contributed by atoms with Gasteiger partial charge in [0.05, 0.1) is 0 Å². The first-order valence-corrected chi connectivity index (χ1v) is 5.04. The van der Waals surface area contributed by atoms with Crippen molar-refractivity contribution in [3.63, 3.8) is 0 Å². The second-order valence-corrected chi connectivity index (χ2v) is 3.50. The molecule has 1 aromatic rings. The monoisotopic (exact) mass is 191 g/mol. The SMILES string of the molecule is Cc1ccccc1.O=CN1CCCC1. The van der Waals surface area contributed by atoms with E-state index < -0.39 is 0 Å². The largest absolute Gasteiger partial charge is 0.345 e. The molecule has 1 aliphatic heterocycles. The summed E-state index contributed by atoms with van der Waals surface area (Å²) < 4.78 is 0. The maximum absolute atomic E-state index is 9.93. The van der Waals surface area contributed by atoms with E-state index in [2.05, 4.69) is 19.1 Å². The summed E-state index contributed by atoms with van der Waals surface area (Å²) in [5.74, 6) is 0. The molecule has 0 aliphatic carbocycles. The van der Waals surface area contributed by atoms with E-state index in [0.717, 1.165) is 19.5 Å². The third-order valence-electron chi connectivity index (χ3n) is 2.23. The normalized spacial score (nSPS) is 14.5. The quantitative estimate of drug-likeness (QED) is 0.623. The van der Waals surface area contributed by atoms with E-state index in [0.29, 0.717) is 0 Å². The summed E-state index contributed by atoms with van der Waals surface area (Å²) in [5.41, 5.74) is 1.32. The van der Waals surface area contributed by atoms with Gasteiger partial charge in [0.2, 0.25) is 6.41 Å². The highest BCUT2D eigenvalue weighted by Crippen LogP contribution is 2.02. The second kappa shape index (κ2) is 6.19. The fourth-order valence-corrected chi connectivity index (χ4v) is 1.38. The third-order valence-corrected chi connectivity index (χ3v) is 2.23. The van der Waals surface area contributed by atoms with Crippen LogP contribution in [0.5, 0.6) is 0 Å². The molecule has 1 amide bonds. The number of carbonyl (C=O) groups is 1. The molecule has 1 heterocycles. The zero-order valence-corrected chi connectivity index (χ0v) is 8.65. The van der Waals surface area contributed by atoms with Gasteiger partial charge in [-0.2, -0.15) is 0 Å². The lowest BCUT2D eigenvalue weighted by molar-refractivity contribution is -0.117. The summed E-state index contributed by atoms with van der Waals surface area (Å²) in [6, 6.07) is 10.3. The molecule has 1 aliphatic rings. The van der Waals surface area contributed by atoms with Crippen molar-refractivity contribution in [2.75, 3.05) is 13.1 Å². The Morgan fingerprint density at radius 1 is 1.14 bits per heavy atom. The molecule has 14 heavy (non-hydrogen) atoms. The Morgan fingerprint density at radius 3 is 2.00 bits per heavy atom. The first kappa shape index (κ1) is 10.8. The van der Waals surface area contributed by atoms with Crippen LogP contribution in [0.15, 0.2) is 30.3 Å². The van der Waals surface area contributed by atoms with Crippen molar-refractivity contribution in [1.29, 1.82) is 0 Å². The Labute approximate surface area is 85.5 Å². The van der Waals surface area contributed by atoms with Crippen LogP contribution in [-0.4, -0.2) is 24.4 Å². The molecule has 0 saturated carbocycles. The van der Waals surface area contributed by atoms with Crippen LogP contribution < -0.4 is 0 Å². The maximum Gasteiger partial charge on any atom is 0.209 e. The molecule has 2 rings (SSSR count). The molecule has 1 saturated heterocycles. The highest BCUT2D eigenvalue weighted by atomic mass is 16.1. The summed E-state index contributed by atoms with van der Waals surface area (Å²) in [7, 11) is 0. The van der Waals surface area contributed by atoms with E-state index in [-0.39, 0.29) is 0 Å². The lowest BCUT2D eigenvalue weighted by Gasteiger charge is -2.03. The third kappa shape index (κ3) is 4.08. The number of hydrogen-bond donors (Lipinski definition) is 0. The van der Waals surface area contributed by atoms with Gasteiger partial charge in [0, 0.05) is 13.1 Å². The molecule has 0 unspecified atom stereocenters. The lowest BCUT2D eigenvalue weighted by atomic mass is 10.2. The molecular weight excluding hydrogens is 174 g/mol. The van der Waals surface area contributed by atoms with Crippen molar-refractivity contribution in [2.24, 2.45) is 0 Å². The molecule has 1 aromatic carbocycles. The van der Waals surface area contributed by atoms with Crippen LogP contribution in [0.4, 0.5) is 0 Å². The molecule has 76 valence electrons. The molecule has 2 nitrogen and oxygen atoms in total. The van der Waals surface area contributed by atoms with Gasteiger partial charge >= 0.3 is 0 Å². The predicted molar refractivity (Wildman–Crippen MR) is 58.1 cm³/mol. The molecule has 0 atom stereocenters. The van der Waals surface area contributed by atoms with Crippen molar-refractivity contribution in [3.8, 4) is 0 Å². The molecule has 0 bridgehead atoms. The van der Waals surface area contributed by atoms with Crippen LogP contribution in [0, 0.1) is 6.92 Å². The van der Waals surface area contributed by atoms with Crippen molar-refractivity contribution in [3.05, 3.63) is 35.9 Å². The summed E-state index contributed by atoms with van der Waals surface area (Å²) in [6.07, 6.45) is 3.31. The molecule has 0 spiro atoms. The van der Waals surface area contributed by atoms with Gasteiger partial charge in [0.1, 0.15) is 0 Å². The summed E-state index contributed by atoms with van der Waals surface area (Å²) in [6.45, 7) is 4.03. The molecule has 0 aromatic heterocycles. The average molecular weight is 191 g/mol. The number of aryl methyl sites for hydroxylation is 1.